The molecule has 0 amide bonds. The number of benzene rings is 1. The topological polar surface area (TPSA) is 76.7 Å². The Balaban J connectivity index is 0.00000124. The summed E-state index contributed by atoms with van der Waals surface area (Å²) in [5.74, 6) is -0.683. The first kappa shape index (κ1) is 21.6. The van der Waals surface area contributed by atoms with E-state index in [1.54, 1.807) is 0 Å². The van der Waals surface area contributed by atoms with Crippen LogP contribution in [0.3, 0.4) is 0 Å². The van der Waals surface area contributed by atoms with Gasteiger partial charge in [0.15, 0.2) is 0 Å². The summed E-state index contributed by atoms with van der Waals surface area (Å²) in [5, 5.41) is 9.86. The van der Waals surface area contributed by atoms with Crippen molar-refractivity contribution in [3.05, 3.63) is 53.7 Å². The summed E-state index contributed by atoms with van der Waals surface area (Å²) in [6.45, 7) is 4.00. The first-order valence-corrected chi connectivity index (χ1v) is 9.17. The largest absolute Gasteiger partial charge is 0.416 e. The number of nitrogens with zero attached hydrogens (tertiary/aromatic N) is 4. The molecule has 0 saturated heterocycles. The standard InChI is InChI=1S/C17H12F5N5O.C2H6/c18-12(19)14-27-26-13(28-14)9-7-23-15(24-8-9)25-16(5-6-16)10-1-3-11(4-2-10)17(20,21)22;1-2/h1-4,7-8,12H,5-6H2,(H,23,24,25);1-2H3. The molecule has 1 aliphatic rings. The third kappa shape index (κ3) is 4.55. The second-order valence-corrected chi connectivity index (χ2v) is 6.32. The van der Waals surface area contributed by atoms with Gasteiger partial charge in [-0.15, -0.1) is 10.2 Å². The summed E-state index contributed by atoms with van der Waals surface area (Å²) in [4.78, 5) is 8.20. The maximum Gasteiger partial charge on any atom is 0.416 e. The zero-order valence-corrected chi connectivity index (χ0v) is 16.0. The minimum atomic E-state index is -4.39. The number of alkyl halides is 5. The Morgan fingerprint density at radius 1 is 1.00 bits per heavy atom. The molecule has 1 aliphatic carbocycles. The minimum absolute atomic E-state index is 0.134. The summed E-state index contributed by atoms with van der Waals surface area (Å²) in [7, 11) is 0. The van der Waals surface area contributed by atoms with Gasteiger partial charge in [-0.1, -0.05) is 26.0 Å². The van der Waals surface area contributed by atoms with Crippen LogP contribution in [0, 0.1) is 0 Å². The quantitative estimate of drug-likeness (QED) is 0.534. The Labute approximate surface area is 168 Å². The van der Waals surface area contributed by atoms with Crippen molar-refractivity contribution in [3.63, 3.8) is 0 Å². The normalized spacial score (nSPS) is 14.8. The molecule has 1 fully saturated rings. The Morgan fingerprint density at radius 3 is 2.07 bits per heavy atom. The van der Waals surface area contributed by atoms with Gasteiger partial charge in [0.05, 0.1) is 16.7 Å². The highest BCUT2D eigenvalue weighted by atomic mass is 19.4. The average molecular weight is 427 g/mol. The Bertz CT molecular complexity index is 966. The Hall–Kier alpha value is -3.11. The number of rotatable bonds is 5. The molecule has 11 heteroatoms. The van der Waals surface area contributed by atoms with E-state index in [0.717, 1.165) is 12.1 Å². The molecule has 6 nitrogen and oxygen atoms in total. The van der Waals surface area contributed by atoms with Gasteiger partial charge in [-0.2, -0.15) is 22.0 Å². The fourth-order valence-corrected chi connectivity index (χ4v) is 2.75. The first-order chi connectivity index (χ1) is 14.3. The van der Waals surface area contributed by atoms with Gasteiger partial charge in [-0.25, -0.2) is 9.97 Å². The highest BCUT2D eigenvalue weighted by molar-refractivity contribution is 5.51. The van der Waals surface area contributed by atoms with Crippen molar-refractivity contribution >= 4 is 5.95 Å². The molecule has 160 valence electrons. The van der Waals surface area contributed by atoms with E-state index in [4.69, 9.17) is 4.42 Å². The van der Waals surface area contributed by atoms with Crippen molar-refractivity contribution < 1.29 is 26.4 Å². The predicted octanol–water partition coefficient (Wildman–Crippen LogP) is 5.61. The molecule has 2 aromatic heterocycles. The van der Waals surface area contributed by atoms with Gasteiger partial charge in [0.25, 0.3) is 11.8 Å². The van der Waals surface area contributed by atoms with E-state index < -0.39 is 29.6 Å². The van der Waals surface area contributed by atoms with Crippen LogP contribution in [0.15, 0.2) is 41.1 Å². The molecule has 2 heterocycles. The predicted molar refractivity (Wildman–Crippen MR) is 97.6 cm³/mol. The van der Waals surface area contributed by atoms with Crippen LogP contribution in [0.25, 0.3) is 11.5 Å². The molecule has 0 aliphatic heterocycles. The second kappa shape index (κ2) is 8.33. The monoisotopic (exact) mass is 427 g/mol. The Kier molecular flexibility index (Phi) is 5.99. The fraction of sp³-hybridized carbons (Fsp3) is 0.368. The van der Waals surface area contributed by atoms with Gasteiger partial charge >= 0.3 is 12.6 Å². The zero-order chi connectivity index (χ0) is 21.9. The van der Waals surface area contributed by atoms with Crippen LogP contribution in [0.4, 0.5) is 27.9 Å². The molecule has 1 aromatic carbocycles. The van der Waals surface area contributed by atoms with Gasteiger partial charge in [0.2, 0.25) is 5.95 Å². The number of halogens is 5. The van der Waals surface area contributed by atoms with Gasteiger partial charge in [0, 0.05) is 12.4 Å². The molecule has 0 spiro atoms. The number of anilines is 1. The molecule has 0 bridgehead atoms. The molecule has 1 N–H and O–H groups in total. The molecule has 30 heavy (non-hydrogen) atoms. The van der Waals surface area contributed by atoms with Crippen LogP contribution in [0.1, 0.15) is 50.1 Å². The van der Waals surface area contributed by atoms with E-state index in [9.17, 15) is 22.0 Å². The fourth-order valence-electron chi connectivity index (χ4n) is 2.75. The van der Waals surface area contributed by atoms with E-state index in [-0.39, 0.29) is 17.4 Å². The van der Waals surface area contributed by atoms with Crippen LogP contribution in [-0.4, -0.2) is 20.2 Å². The van der Waals surface area contributed by atoms with Gasteiger partial charge in [-0.3, -0.25) is 0 Å². The van der Waals surface area contributed by atoms with Gasteiger partial charge < -0.3 is 9.73 Å². The van der Waals surface area contributed by atoms with Crippen LogP contribution < -0.4 is 5.32 Å². The summed E-state index contributed by atoms with van der Waals surface area (Å²) in [6, 6.07) is 4.94. The number of hydrogen-bond acceptors (Lipinski definition) is 6. The average Bonchev–Trinajstić information content (AvgIpc) is 3.34. The lowest BCUT2D eigenvalue weighted by molar-refractivity contribution is -0.137. The molecule has 1 saturated carbocycles. The van der Waals surface area contributed by atoms with Crippen molar-refractivity contribution in [2.45, 2.75) is 44.8 Å². The third-order valence-electron chi connectivity index (χ3n) is 4.39. The number of nitrogens with one attached hydrogen (secondary N) is 1. The van der Waals surface area contributed by atoms with Crippen molar-refractivity contribution in [3.8, 4) is 11.5 Å². The molecule has 0 unspecified atom stereocenters. The molecular weight excluding hydrogens is 409 g/mol. The van der Waals surface area contributed by atoms with Crippen LogP contribution in [0.5, 0.6) is 0 Å². The first-order valence-electron chi connectivity index (χ1n) is 9.17. The van der Waals surface area contributed by atoms with Crippen molar-refractivity contribution in [2.75, 3.05) is 5.32 Å². The van der Waals surface area contributed by atoms with Crippen molar-refractivity contribution in [1.29, 1.82) is 0 Å². The van der Waals surface area contributed by atoms with Gasteiger partial charge in [-0.05, 0) is 30.5 Å². The number of aromatic nitrogens is 4. The smallest absolute Gasteiger partial charge is 0.415 e. The summed E-state index contributed by atoms with van der Waals surface area (Å²) >= 11 is 0. The van der Waals surface area contributed by atoms with E-state index in [1.807, 2.05) is 13.8 Å². The summed E-state index contributed by atoms with van der Waals surface area (Å²) < 4.78 is 68.0. The molecule has 4 rings (SSSR count). The maximum absolute atomic E-state index is 12.7. The molecular formula is C19H18F5N5O. The second-order valence-electron chi connectivity index (χ2n) is 6.32. The zero-order valence-electron chi connectivity index (χ0n) is 16.0. The van der Waals surface area contributed by atoms with Crippen LogP contribution in [-0.2, 0) is 11.7 Å². The van der Waals surface area contributed by atoms with E-state index in [1.165, 1.54) is 24.5 Å². The van der Waals surface area contributed by atoms with Gasteiger partial charge in [0.1, 0.15) is 0 Å². The number of hydrogen-bond donors (Lipinski definition) is 1. The highest BCUT2D eigenvalue weighted by Crippen LogP contribution is 2.48. The van der Waals surface area contributed by atoms with Crippen molar-refractivity contribution in [2.24, 2.45) is 0 Å². The highest BCUT2D eigenvalue weighted by Gasteiger charge is 2.45. The lowest BCUT2D eigenvalue weighted by Gasteiger charge is -2.18. The lowest BCUT2D eigenvalue weighted by atomic mass is 10.0. The van der Waals surface area contributed by atoms with Crippen LogP contribution >= 0.6 is 0 Å². The maximum atomic E-state index is 12.7. The lowest BCUT2D eigenvalue weighted by Crippen LogP contribution is -2.20. The minimum Gasteiger partial charge on any atom is -0.415 e. The molecule has 0 atom stereocenters. The van der Waals surface area contributed by atoms with Crippen molar-refractivity contribution in [1.82, 2.24) is 20.2 Å². The summed E-state index contributed by atoms with van der Waals surface area (Å²) in [5.41, 5.74) is -0.273. The summed E-state index contributed by atoms with van der Waals surface area (Å²) in [6.07, 6.45) is -3.17. The third-order valence-corrected chi connectivity index (χ3v) is 4.39. The van der Waals surface area contributed by atoms with E-state index in [2.05, 4.69) is 25.5 Å². The SMILES string of the molecule is CC.FC(F)c1nnc(-c2cnc(NC3(c4ccc(C(F)(F)F)cc4)CC3)nc2)o1. The Morgan fingerprint density at radius 2 is 1.60 bits per heavy atom. The van der Waals surface area contributed by atoms with Crippen LogP contribution in [0.2, 0.25) is 0 Å². The molecule has 0 radical (unpaired) electrons. The molecule has 3 aromatic rings. The van der Waals surface area contributed by atoms with E-state index >= 15 is 0 Å². The van der Waals surface area contributed by atoms with E-state index in [0.29, 0.717) is 18.4 Å².